The molecule has 1 atom stereocenters. The maximum Gasteiger partial charge on any atom is 0.219 e. The number of piperidine rings is 1. The van der Waals surface area contributed by atoms with Crippen LogP contribution in [0.4, 0.5) is 0 Å². The average Bonchev–Trinajstić information content (AvgIpc) is 2.16. The maximum absolute atomic E-state index is 12.2. The minimum atomic E-state index is -3.29. The molecule has 0 radical (unpaired) electrons. The second-order valence-electron chi connectivity index (χ2n) is 5.06. The van der Waals surface area contributed by atoms with Crippen LogP contribution in [0.15, 0.2) is 0 Å². The third-order valence-corrected chi connectivity index (χ3v) is 5.51. The van der Waals surface area contributed by atoms with Crippen molar-refractivity contribution < 1.29 is 13.5 Å². The fourth-order valence-electron chi connectivity index (χ4n) is 1.82. The topological polar surface area (TPSA) is 57.6 Å². The van der Waals surface area contributed by atoms with Crippen molar-refractivity contribution in [2.75, 3.05) is 13.2 Å². The van der Waals surface area contributed by atoms with Gasteiger partial charge in [0.1, 0.15) is 0 Å². The van der Waals surface area contributed by atoms with E-state index >= 15 is 0 Å². The fraction of sp³-hybridized carbons (Fsp3) is 1.00. The standard InChI is InChI=1S/C10H21NO3S/c1-10(2,3)15(13,14)11-7-5-4-6-9(11)8-12/h9,12H,4-8H2,1-3H3. The number of hydrogen-bond donors (Lipinski definition) is 1. The molecule has 0 aliphatic carbocycles. The summed E-state index contributed by atoms with van der Waals surface area (Å²) in [5.41, 5.74) is 0. The van der Waals surface area contributed by atoms with Crippen molar-refractivity contribution in [3.8, 4) is 0 Å². The van der Waals surface area contributed by atoms with Gasteiger partial charge in [0.05, 0.1) is 11.4 Å². The molecule has 1 rings (SSSR count). The van der Waals surface area contributed by atoms with E-state index in [4.69, 9.17) is 0 Å². The lowest BCUT2D eigenvalue weighted by atomic mass is 10.1. The number of rotatable bonds is 2. The summed E-state index contributed by atoms with van der Waals surface area (Å²) in [5.74, 6) is 0. The molecule has 0 aromatic rings. The molecule has 5 heteroatoms. The third-order valence-electron chi connectivity index (χ3n) is 2.87. The van der Waals surface area contributed by atoms with Crippen LogP contribution in [-0.2, 0) is 10.0 Å². The van der Waals surface area contributed by atoms with E-state index in [1.807, 2.05) is 0 Å². The summed E-state index contributed by atoms with van der Waals surface area (Å²) in [7, 11) is -3.29. The van der Waals surface area contributed by atoms with Crippen molar-refractivity contribution in [2.24, 2.45) is 0 Å². The number of hydrogen-bond acceptors (Lipinski definition) is 3. The fourth-order valence-corrected chi connectivity index (χ4v) is 3.46. The third kappa shape index (κ3) is 2.52. The number of aliphatic hydroxyl groups is 1. The second kappa shape index (κ2) is 4.39. The van der Waals surface area contributed by atoms with E-state index in [-0.39, 0.29) is 12.6 Å². The predicted molar refractivity (Wildman–Crippen MR) is 60.1 cm³/mol. The number of sulfonamides is 1. The Morgan fingerprint density at radius 1 is 1.33 bits per heavy atom. The largest absolute Gasteiger partial charge is 0.395 e. The minimum absolute atomic E-state index is 0.0741. The van der Waals surface area contributed by atoms with E-state index in [9.17, 15) is 13.5 Å². The van der Waals surface area contributed by atoms with Crippen LogP contribution < -0.4 is 0 Å². The van der Waals surface area contributed by atoms with E-state index in [0.29, 0.717) is 6.54 Å². The van der Waals surface area contributed by atoms with Crippen LogP contribution in [0.25, 0.3) is 0 Å². The molecule has 1 heterocycles. The smallest absolute Gasteiger partial charge is 0.219 e. The zero-order valence-corrected chi connectivity index (χ0v) is 10.5. The first-order valence-corrected chi connectivity index (χ1v) is 6.87. The molecule has 0 spiro atoms. The van der Waals surface area contributed by atoms with Crippen molar-refractivity contribution in [3.05, 3.63) is 0 Å². The van der Waals surface area contributed by atoms with Gasteiger partial charge in [0.15, 0.2) is 0 Å². The van der Waals surface area contributed by atoms with E-state index in [0.717, 1.165) is 19.3 Å². The summed E-state index contributed by atoms with van der Waals surface area (Å²) in [6.07, 6.45) is 2.67. The van der Waals surface area contributed by atoms with Gasteiger partial charge < -0.3 is 5.11 Å². The van der Waals surface area contributed by atoms with Crippen LogP contribution in [0.1, 0.15) is 40.0 Å². The highest BCUT2D eigenvalue weighted by Gasteiger charge is 2.39. The molecule has 1 aliphatic heterocycles. The highest BCUT2D eigenvalue weighted by atomic mass is 32.2. The summed E-state index contributed by atoms with van der Waals surface area (Å²) in [6, 6.07) is -0.219. The zero-order chi connectivity index (χ0) is 11.7. The van der Waals surface area contributed by atoms with Crippen LogP contribution >= 0.6 is 0 Å². The van der Waals surface area contributed by atoms with Crippen LogP contribution in [0.3, 0.4) is 0 Å². The van der Waals surface area contributed by atoms with Gasteiger partial charge >= 0.3 is 0 Å². The summed E-state index contributed by atoms with van der Waals surface area (Å²) in [6.45, 7) is 5.57. The molecule has 0 aromatic carbocycles. The zero-order valence-electron chi connectivity index (χ0n) is 9.73. The Labute approximate surface area is 92.3 Å². The second-order valence-corrected chi connectivity index (χ2v) is 7.70. The van der Waals surface area contributed by atoms with Crippen molar-refractivity contribution in [3.63, 3.8) is 0 Å². The molecule has 1 unspecified atom stereocenters. The maximum atomic E-state index is 12.2. The van der Waals surface area contributed by atoms with Crippen molar-refractivity contribution >= 4 is 10.0 Å². The van der Waals surface area contributed by atoms with Crippen molar-refractivity contribution in [2.45, 2.75) is 50.8 Å². The van der Waals surface area contributed by atoms with Gasteiger partial charge in [-0.15, -0.1) is 0 Å². The normalized spacial score (nSPS) is 25.5. The first kappa shape index (κ1) is 12.9. The van der Waals surface area contributed by atoms with Gasteiger partial charge in [-0.3, -0.25) is 0 Å². The van der Waals surface area contributed by atoms with Gasteiger partial charge in [-0.1, -0.05) is 6.42 Å². The summed E-state index contributed by atoms with van der Waals surface area (Å²) >= 11 is 0. The molecule has 0 aromatic heterocycles. The molecule has 1 saturated heterocycles. The lowest BCUT2D eigenvalue weighted by Gasteiger charge is -2.37. The van der Waals surface area contributed by atoms with Crippen molar-refractivity contribution in [1.29, 1.82) is 0 Å². The Morgan fingerprint density at radius 2 is 1.93 bits per heavy atom. The summed E-state index contributed by atoms with van der Waals surface area (Å²) < 4.78 is 25.1. The molecule has 0 saturated carbocycles. The lowest BCUT2D eigenvalue weighted by Crippen LogP contribution is -2.51. The lowest BCUT2D eigenvalue weighted by molar-refractivity contribution is 0.153. The Hall–Kier alpha value is -0.130. The summed E-state index contributed by atoms with van der Waals surface area (Å²) in [4.78, 5) is 0. The van der Waals surface area contributed by atoms with Crippen LogP contribution in [0.5, 0.6) is 0 Å². The molecular weight excluding hydrogens is 214 g/mol. The van der Waals surface area contributed by atoms with Gasteiger partial charge in [0.25, 0.3) is 0 Å². The van der Waals surface area contributed by atoms with E-state index in [1.165, 1.54) is 4.31 Å². The van der Waals surface area contributed by atoms with Crippen LogP contribution in [0.2, 0.25) is 0 Å². The number of aliphatic hydroxyl groups excluding tert-OH is 1. The molecule has 15 heavy (non-hydrogen) atoms. The quantitative estimate of drug-likeness (QED) is 0.775. The van der Waals surface area contributed by atoms with Crippen LogP contribution in [-0.4, -0.2) is 41.8 Å². The van der Waals surface area contributed by atoms with Crippen LogP contribution in [0, 0.1) is 0 Å². The Kier molecular flexibility index (Phi) is 3.79. The molecule has 0 amide bonds. The molecule has 1 N–H and O–H groups in total. The molecule has 1 aliphatic rings. The van der Waals surface area contributed by atoms with E-state index < -0.39 is 14.8 Å². The minimum Gasteiger partial charge on any atom is -0.395 e. The first-order chi connectivity index (χ1) is 6.80. The molecular formula is C10H21NO3S. The molecule has 4 nitrogen and oxygen atoms in total. The Balaban J connectivity index is 2.94. The van der Waals surface area contributed by atoms with Gasteiger partial charge in [-0.2, -0.15) is 4.31 Å². The Morgan fingerprint density at radius 3 is 2.40 bits per heavy atom. The van der Waals surface area contributed by atoms with Gasteiger partial charge in [0.2, 0.25) is 10.0 Å². The van der Waals surface area contributed by atoms with Gasteiger partial charge in [0, 0.05) is 12.6 Å². The Bertz CT molecular complexity index is 305. The monoisotopic (exact) mass is 235 g/mol. The molecule has 1 fully saturated rings. The molecule has 90 valence electrons. The van der Waals surface area contributed by atoms with Gasteiger partial charge in [-0.05, 0) is 33.6 Å². The van der Waals surface area contributed by atoms with E-state index in [2.05, 4.69) is 0 Å². The average molecular weight is 235 g/mol. The summed E-state index contributed by atoms with van der Waals surface area (Å²) in [5, 5.41) is 9.18. The van der Waals surface area contributed by atoms with Crippen molar-refractivity contribution in [1.82, 2.24) is 4.31 Å². The van der Waals surface area contributed by atoms with Gasteiger partial charge in [-0.25, -0.2) is 8.42 Å². The first-order valence-electron chi connectivity index (χ1n) is 5.43. The molecule has 0 bridgehead atoms. The SMILES string of the molecule is CC(C)(C)S(=O)(=O)N1CCCCC1CO. The highest BCUT2D eigenvalue weighted by Crippen LogP contribution is 2.27. The van der Waals surface area contributed by atoms with E-state index in [1.54, 1.807) is 20.8 Å². The number of nitrogens with zero attached hydrogens (tertiary/aromatic N) is 1. The predicted octanol–water partition coefficient (Wildman–Crippen LogP) is 0.962. The highest BCUT2D eigenvalue weighted by molar-refractivity contribution is 7.90.